The summed E-state index contributed by atoms with van der Waals surface area (Å²) in [5, 5.41) is 3.24. The Bertz CT molecular complexity index is 264. The van der Waals surface area contributed by atoms with Gasteiger partial charge >= 0.3 is 0 Å². The Morgan fingerprint density at radius 2 is 2.06 bits per heavy atom. The molecular formula is C13H26N2O2. The van der Waals surface area contributed by atoms with Gasteiger partial charge < -0.3 is 15.8 Å². The van der Waals surface area contributed by atoms with Crippen LogP contribution in [0.5, 0.6) is 0 Å². The smallest absolute Gasteiger partial charge is 0.237 e. The van der Waals surface area contributed by atoms with Crippen LogP contribution in [0.2, 0.25) is 0 Å². The van der Waals surface area contributed by atoms with Gasteiger partial charge in [0.05, 0.1) is 11.6 Å². The van der Waals surface area contributed by atoms with Gasteiger partial charge in [-0.05, 0) is 46.5 Å². The topological polar surface area (TPSA) is 64.3 Å². The Labute approximate surface area is 104 Å². The molecule has 0 heterocycles. The summed E-state index contributed by atoms with van der Waals surface area (Å²) in [6.45, 7) is 8.70. The Balaban J connectivity index is 2.42. The van der Waals surface area contributed by atoms with Gasteiger partial charge in [-0.2, -0.15) is 0 Å². The van der Waals surface area contributed by atoms with Crippen molar-refractivity contribution in [3.8, 4) is 0 Å². The second-order valence-corrected chi connectivity index (χ2v) is 5.79. The van der Waals surface area contributed by atoms with Crippen molar-refractivity contribution in [1.29, 1.82) is 0 Å². The first kappa shape index (κ1) is 14.5. The summed E-state index contributed by atoms with van der Waals surface area (Å²) >= 11 is 0. The third kappa shape index (κ3) is 5.04. The molecule has 0 bridgehead atoms. The molecular weight excluding hydrogens is 216 g/mol. The maximum absolute atomic E-state index is 11.5. The van der Waals surface area contributed by atoms with Gasteiger partial charge in [0, 0.05) is 19.1 Å². The average molecular weight is 242 g/mol. The monoisotopic (exact) mass is 242 g/mol. The predicted octanol–water partition coefficient (Wildman–Crippen LogP) is 1.43. The number of hydrogen-bond donors (Lipinski definition) is 2. The number of nitrogens with one attached hydrogen (secondary N) is 1. The molecule has 0 saturated heterocycles. The van der Waals surface area contributed by atoms with Crippen molar-refractivity contribution >= 4 is 5.91 Å². The highest BCUT2D eigenvalue weighted by atomic mass is 16.5. The van der Waals surface area contributed by atoms with Crippen LogP contribution in [-0.4, -0.2) is 30.2 Å². The third-order valence-corrected chi connectivity index (χ3v) is 3.16. The largest absolute Gasteiger partial charge is 0.378 e. The maximum atomic E-state index is 11.5. The molecule has 1 aliphatic rings. The standard InChI is InChI=1S/C13H26N2O2/c1-9(2)15-13(4,12(14)16)7-10(3)17-8-11-5-6-11/h9-11,15H,5-8H2,1-4H3,(H2,14,16). The first-order valence-corrected chi connectivity index (χ1v) is 6.52. The van der Waals surface area contributed by atoms with E-state index in [-0.39, 0.29) is 18.1 Å². The first-order valence-electron chi connectivity index (χ1n) is 6.52. The summed E-state index contributed by atoms with van der Waals surface area (Å²) in [7, 11) is 0. The number of amides is 1. The molecule has 0 radical (unpaired) electrons. The molecule has 0 aromatic heterocycles. The molecule has 4 heteroatoms. The second-order valence-electron chi connectivity index (χ2n) is 5.79. The lowest BCUT2D eigenvalue weighted by Crippen LogP contribution is -2.57. The van der Waals surface area contributed by atoms with E-state index in [0.717, 1.165) is 12.5 Å². The summed E-state index contributed by atoms with van der Waals surface area (Å²) in [6, 6.07) is 0.225. The molecule has 4 nitrogen and oxygen atoms in total. The van der Waals surface area contributed by atoms with Crippen LogP contribution in [0.4, 0.5) is 0 Å². The quantitative estimate of drug-likeness (QED) is 0.677. The number of rotatable bonds is 8. The lowest BCUT2D eigenvalue weighted by atomic mass is 9.93. The summed E-state index contributed by atoms with van der Waals surface area (Å²) in [5.74, 6) is 0.434. The summed E-state index contributed by atoms with van der Waals surface area (Å²) in [5.41, 5.74) is 4.80. The zero-order valence-electron chi connectivity index (χ0n) is 11.5. The van der Waals surface area contributed by atoms with E-state index in [4.69, 9.17) is 10.5 Å². The van der Waals surface area contributed by atoms with E-state index >= 15 is 0 Å². The number of carbonyl (C=O) groups excluding carboxylic acids is 1. The lowest BCUT2D eigenvalue weighted by Gasteiger charge is -2.32. The highest BCUT2D eigenvalue weighted by molar-refractivity contribution is 5.84. The van der Waals surface area contributed by atoms with Crippen LogP contribution in [0.25, 0.3) is 0 Å². The summed E-state index contributed by atoms with van der Waals surface area (Å²) in [6.07, 6.45) is 3.24. The molecule has 0 aromatic rings. The van der Waals surface area contributed by atoms with E-state index in [0.29, 0.717) is 6.42 Å². The first-order chi connectivity index (χ1) is 7.83. The maximum Gasteiger partial charge on any atom is 0.237 e. The van der Waals surface area contributed by atoms with E-state index in [9.17, 15) is 4.79 Å². The lowest BCUT2D eigenvalue weighted by molar-refractivity contribution is -0.125. The molecule has 2 atom stereocenters. The van der Waals surface area contributed by atoms with Crippen molar-refractivity contribution in [2.24, 2.45) is 11.7 Å². The SMILES string of the molecule is CC(C)NC(C)(CC(C)OCC1CC1)C(N)=O. The number of hydrogen-bond acceptors (Lipinski definition) is 3. The second kappa shape index (κ2) is 5.83. The zero-order chi connectivity index (χ0) is 13.1. The van der Waals surface area contributed by atoms with Gasteiger partial charge in [0.1, 0.15) is 0 Å². The fourth-order valence-corrected chi connectivity index (χ4v) is 2.09. The Morgan fingerprint density at radius 3 is 2.47 bits per heavy atom. The molecule has 3 N–H and O–H groups in total. The van der Waals surface area contributed by atoms with Crippen LogP contribution in [0, 0.1) is 5.92 Å². The van der Waals surface area contributed by atoms with Gasteiger partial charge in [-0.15, -0.1) is 0 Å². The molecule has 1 fully saturated rings. The average Bonchev–Trinajstić information content (AvgIpc) is 2.96. The Hall–Kier alpha value is -0.610. The summed E-state index contributed by atoms with van der Waals surface area (Å²) in [4.78, 5) is 11.5. The van der Waals surface area contributed by atoms with Crippen LogP contribution in [0.15, 0.2) is 0 Å². The van der Waals surface area contributed by atoms with Gasteiger partial charge in [0.2, 0.25) is 5.91 Å². The number of carbonyl (C=O) groups is 1. The highest BCUT2D eigenvalue weighted by Gasteiger charge is 2.34. The van der Waals surface area contributed by atoms with Crippen molar-refractivity contribution in [3.05, 3.63) is 0 Å². The van der Waals surface area contributed by atoms with Gasteiger partial charge in [0.25, 0.3) is 0 Å². The minimum Gasteiger partial charge on any atom is -0.378 e. The van der Waals surface area contributed by atoms with Crippen LogP contribution in [0.3, 0.4) is 0 Å². The third-order valence-electron chi connectivity index (χ3n) is 3.16. The van der Waals surface area contributed by atoms with Crippen LogP contribution < -0.4 is 11.1 Å². The van der Waals surface area contributed by atoms with E-state index in [2.05, 4.69) is 5.32 Å². The molecule has 1 rings (SSSR count). The van der Waals surface area contributed by atoms with E-state index in [1.54, 1.807) is 0 Å². The minimum absolute atomic E-state index is 0.0550. The van der Waals surface area contributed by atoms with Crippen LogP contribution in [0.1, 0.15) is 47.0 Å². The van der Waals surface area contributed by atoms with Gasteiger partial charge in [-0.1, -0.05) is 0 Å². The zero-order valence-corrected chi connectivity index (χ0v) is 11.5. The van der Waals surface area contributed by atoms with Crippen molar-refractivity contribution in [2.45, 2.75) is 64.6 Å². The molecule has 100 valence electrons. The van der Waals surface area contributed by atoms with Gasteiger partial charge in [-0.25, -0.2) is 0 Å². The van der Waals surface area contributed by atoms with Crippen molar-refractivity contribution in [2.75, 3.05) is 6.61 Å². The van der Waals surface area contributed by atoms with E-state index in [1.807, 2.05) is 27.7 Å². The molecule has 1 amide bonds. The van der Waals surface area contributed by atoms with Crippen molar-refractivity contribution < 1.29 is 9.53 Å². The Morgan fingerprint density at radius 1 is 1.47 bits per heavy atom. The number of ether oxygens (including phenoxy) is 1. The fourth-order valence-electron chi connectivity index (χ4n) is 2.09. The fraction of sp³-hybridized carbons (Fsp3) is 0.923. The van der Waals surface area contributed by atoms with Gasteiger partial charge in [-0.3, -0.25) is 4.79 Å². The highest BCUT2D eigenvalue weighted by Crippen LogP contribution is 2.29. The molecule has 1 aliphatic carbocycles. The molecule has 1 saturated carbocycles. The van der Waals surface area contributed by atoms with Crippen molar-refractivity contribution in [3.63, 3.8) is 0 Å². The number of nitrogens with two attached hydrogens (primary N) is 1. The number of primary amides is 1. The molecule has 0 aromatic carbocycles. The van der Waals surface area contributed by atoms with Crippen LogP contribution >= 0.6 is 0 Å². The molecule has 2 unspecified atom stereocenters. The predicted molar refractivity (Wildman–Crippen MR) is 68.6 cm³/mol. The van der Waals surface area contributed by atoms with Crippen molar-refractivity contribution in [1.82, 2.24) is 5.32 Å². The molecule has 0 spiro atoms. The molecule has 0 aliphatic heterocycles. The minimum atomic E-state index is -0.683. The summed E-state index contributed by atoms with van der Waals surface area (Å²) < 4.78 is 5.75. The van der Waals surface area contributed by atoms with Crippen LogP contribution in [-0.2, 0) is 9.53 Å². The van der Waals surface area contributed by atoms with Gasteiger partial charge in [0.15, 0.2) is 0 Å². The Kier molecular flexibility index (Phi) is 4.95. The normalized spacial score (nSPS) is 21.2. The van der Waals surface area contributed by atoms with E-state index < -0.39 is 5.54 Å². The van der Waals surface area contributed by atoms with E-state index in [1.165, 1.54) is 12.8 Å². The molecule has 17 heavy (non-hydrogen) atoms.